The van der Waals surface area contributed by atoms with Gasteiger partial charge in [-0.3, -0.25) is 0 Å². The van der Waals surface area contributed by atoms with Gasteiger partial charge in [0.05, 0.1) is 0 Å². The van der Waals surface area contributed by atoms with E-state index in [9.17, 15) is 0 Å². The largest absolute Gasteiger partial charge is 0.456 e. The fraction of sp³-hybridized carbons (Fsp3) is 0. The Morgan fingerprint density at radius 2 is 0.896 bits per heavy atom. The molecule has 0 aliphatic carbocycles. The molecule has 0 aliphatic rings. The van der Waals surface area contributed by atoms with E-state index in [1.54, 1.807) is 0 Å². The van der Waals surface area contributed by atoms with Gasteiger partial charge in [0.1, 0.15) is 11.2 Å². The molecule has 226 valence electrons. The molecule has 0 fully saturated rings. The van der Waals surface area contributed by atoms with E-state index in [-0.39, 0.29) is 0 Å². The lowest BCUT2D eigenvalue weighted by Crippen LogP contribution is -2.10. The second kappa shape index (κ2) is 11.8. The summed E-state index contributed by atoms with van der Waals surface area (Å²) in [5.74, 6) is 0. The van der Waals surface area contributed by atoms with Crippen LogP contribution in [0.5, 0.6) is 0 Å². The van der Waals surface area contributed by atoms with E-state index in [1.165, 1.54) is 44.2 Å². The van der Waals surface area contributed by atoms with Gasteiger partial charge in [-0.25, -0.2) is 0 Å². The van der Waals surface area contributed by atoms with Crippen molar-refractivity contribution >= 4 is 49.8 Å². The molecule has 0 saturated heterocycles. The number of hydrogen-bond acceptors (Lipinski definition) is 2. The zero-order valence-electron chi connectivity index (χ0n) is 26.3. The van der Waals surface area contributed by atoms with Crippen LogP contribution in [-0.4, -0.2) is 0 Å². The van der Waals surface area contributed by atoms with E-state index in [1.807, 2.05) is 12.1 Å². The first kappa shape index (κ1) is 27.9. The lowest BCUT2D eigenvalue weighted by molar-refractivity contribution is 0.669. The van der Waals surface area contributed by atoms with E-state index in [0.717, 1.165) is 39.0 Å². The number of hydrogen-bond donors (Lipinski definition) is 0. The highest BCUT2D eigenvalue weighted by Gasteiger charge is 2.17. The second-order valence-corrected chi connectivity index (χ2v) is 12.2. The zero-order valence-corrected chi connectivity index (χ0v) is 26.3. The van der Waals surface area contributed by atoms with Crippen LogP contribution in [0.1, 0.15) is 0 Å². The van der Waals surface area contributed by atoms with E-state index < -0.39 is 0 Å². The average Bonchev–Trinajstić information content (AvgIpc) is 3.54. The number of para-hydroxylation sites is 1. The molecule has 0 bridgehead atoms. The SMILES string of the molecule is c1ccc(-c2cccc(-c3ccc(N(c4cccc(-c5cccc6ccccc56)c4)c4ccc5oc6ccccc6c5c4)cc3)c2)cc1. The third-order valence-corrected chi connectivity index (χ3v) is 9.25. The number of fused-ring (bicyclic) bond motifs is 4. The molecule has 8 aromatic carbocycles. The van der Waals surface area contributed by atoms with Crippen molar-refractivity contribution < 1.29 is 4.42 Å². The number of benzene rings is 8. The minimum atomic E-state index is 0.887. The highest BCUT2D eigenvalue weighted by atomic mass is 16.3. The Labute approximate surface area is 279 Å². The Bertz CT molecular complexity index is 2560. The van der Waals surface area contributed by atoms with Crippen molar-refractivity contribution in [1.82, 2.24) is 0 Å². The Morgan fingerprint density at radius 3 is 1.75 bits per heavy atom. The van der Waals surface area contributed by atoms with Gasteiger partial charge in [0.2, 0.25) is 0 Å². The number of nitrogens with zero attached hydrogens (tertiary/aromatic N) is 1. The van der Waals surface area contributed by atoms with Crippen LogP contribution in [0.2, 0.25) is 0 Å². The van der Waals surface area contributed by atoms with Crippen LogP contribution in [0.25, 0.3) is 66.1 Å². The first-order valence-electron chi connectivity index (χ1n) is 16.3. The van der Waals surface area contributed by atoms with Gasteiger partial charge in [0.15, 0.2) is 0 Å². The smallest absolute Gasteiger partial charge is 0.135 e. The first-order valence-corrected chi connectivity index (χ1v) is 16.3. The molecule has 0 unspecified atom stereocenters. The molecule has 0 aliphatic heterocycles. The summed E-state index contributed by atoms with van der Waals surface area (Å²) in [6, 6.07) is 67.0. The van der Waals surface area contributed by atoms with Gasteiger partial charge < -0.3 is 9.32 Å². The van der Waals surface area contributed by atoms with Gasteiger partial charge >= 0.3 is 0 Å². The van der Waals surface area contributed by atoms with Gasteiger partial charge in [-0.2, -0.15) is 0 Å². The van der Waals surface area contributed by atoms with Crippen molar-refractivity contribution in [3.8, 4) is 33.4 Å². The summed E-state index contributed by atoms with van der Waals surface area (Å²) in [5.41, 5.74) is 12.2. The van der Waals surface area contributed by atoms with Crippen molar-refractivity contribution in [1.29, 1.82) is 0 Å². The van der Waals surface area contributed by atoms with Crippen molar-refractivity contribution in [2.45, 2.75) is 0 Å². The molecule has 0 spiro atoms. The summed E-state index contributed by atoms with van der Waals surface area (Å²) in [5, 5.41) is 4.71. The monoisotopic (exact) mass is 613 g/mol. The van der Waals surface area contributed by atoms with Crippen LogP contribution < -0.4 is 4.90 Å². The minimum Gasteiger partial charge on any atom is -0.456 e. The summed E-state index contributed by atoms with van der Waals surface area (Å²) < 4.78 is 6.20. The zero-order chi connectivity index (χ0) is 31.9. The van der Waals surface area contributed by atoms with Crippen LogP contribution in [0.15, 0.2) is 192 Å². The maximum Gasteiger partial charge on any atom is 0.135 e. The summed E-state index contributed by atoms with van der Waals surface area (Å²) >= 11 is 0. The molecule has 0 saturated carbocycles. The van der Waals surface area contributed by atoms with E-state index >= 15 is 0 Å². The van der Waals surface area contributed by atoms with Gasteiger partial charge in [-0.15, -0.1) is 0 Å². The van der Waals surface area contributed by atoms with Crippen LogP contribution in [0.3, 0.4) is 0 Å². The van der Waals surface area contributed by atoms with Crippen molar-refractivity contribution in [3.63, 3.8) is 0 Å². The molecule has 0 atom stereocenters. The molecule has 9 rings (SSSR count). The predicted molar refractivity (Wildman–Crippen MR) is 202 cm³/mol. The third kappa shape index (κ3) is 5.01. The van der Waals surface area contributed by atoms with Crippen LogP contribution in [0.4, 0.5) is 17.1 Å². The van der Waals surface area contributed by atoms with E-state index in [4.69, 9.17) is 4.42 Å². The second-order valence-electron chi connectivity index (χ2n) is 12.2. The Hall–Kier alpha value is -6.38. The fourth-order valence-electron chi connectivity index (χ4n) is 6.90. The van der Waals surface area contributed by atoms with Gasteiger partial charge in [-0.1, -0.05) is 133 Å². The van der Waals surface area contributed by atoms with Crippen LogP contribution in [0, 0.1) is 0 Å². The standard InChI is InChI=1S/C46H31NO/c1-2-11-32(12-3-1)35-15-8-16-36(29-35)33-23-25-38(26-24-33)47(40-27-28-46-44(31-40)43-20-6-7-22-45(43)48-46)39-18-9-17-37(30-39)42-21-10-14-34-13-4-5-19-41(34)42/h1-31H. The van der Waals surface area contributed by atoms with Crippen LogP contribution in [-0.2, 0) is 0 Å². The molecule has 2 heteroatoms. The molecule has 0 radical (unpaired) electrons. The lowest BCUT2D eigenvalue weighted by atomic mass is 9.97. The summed E-state index contributed by atoms with van der Waals surface area (Å²) in [6.45, 7) is 0. The highest BCUT2D eigenvalue weighted by Crippen LogP contribution is 2.41. The van der Waals surface area contributed by atoms with E-state index in [2.05, 4.69) is 181 Å². The molecule has 1 aromatic heterocycles. The van der Waals surface area contributed by atoms with Crippen molar-refractivity contribution in [2.24, 2.45) is 0 Å². The van der Waals surface area contributed by atoms with E-state index in [0.29, 0.717) is 0 Å². The Morgan fingerprint density at radius 1 is 0.312 bits per heavy atom. The fourth-order valence-corrected chi connectivity index (χ4v) is 6.90. The molecular formula is C46H31NO. The maximum absolute atomic E-state index is 6.20. The Balaban J connectivity index is 1.17. The Kier molecular flexibility index (Phi) is 6.84. The van der Waals surface area contributed by atoms with Gasteiger partial charge in [0.25, 0.3) is 0 Å². The topological polar surface area (TPSA) is 16.4 Å². The maximum atomic E-state index is 6.20. The summed E-state index contributed by atoms with van der Waals surface area (Å²) in [7, 11) is 0. The molecule has 1 heterocycles. The first-order chi connectivity index (χ1) is 23.8. The van der Waals surface area contributed by atoms with Crippen LogP contribution >= 0.6 is 0 Å². The molecule has 0 N–H and O–H groups in total. The number of rotatable bonds is 6. The minimum absolute atomic E-state index is 0.887. The quantitative estimate of drug-likeness (QED) is 0.185. The van der Waals surface area contributed by atoms with Gasteiger partial charge in [-0.05, 0) is 98.8 Å². The molecule has 2 nitrogen and oxygen atoms in total. The molecule has 9 aromatic rings. The lowest BCUT2D eigenvalue weighted by Gasteiger charge is -2.26. The van der Waals surface area contributed by atoms with Crippen molar-refractivity contribution in [3.05, 3.63) is 188 Å². The molecule has 48 heavy (non-hydrogen) atoms. The number of anilines is 3. The summed E-state index contributed by atoms with van der Waals surface area (Å²) in [6.07, 6.45) is 0. The average molecular weight is 614 g/mol. The number of furan rings is 1. The van der Waals surface area contributed by atoms with Gasteiger partial charge in [0, 0.05) is 27.8 Å². The normalized spacial score (nSPS) is 11.3. The molecule has 0 amide bonds. The highest BCUT2D eigenvalue weighted by molar-refractivity contribution is 6.06. The molecular weight excluding hydrogens is 583 g/mol. The third-order valence-electron chi connectivity index (χ3n) is 9.25. The van der Waals surface area contributed by atoms with Crippen molar-refractivity contribution in [2.75, 3.05) is 4.90 Å². The summed E-state index contributed by atoms with van der Waals surface area (Å²) in [4.78, 5) is 2.35. The predicted octanol–water partition coefficient (Wildman–Crippen LogP) is 13.2.